The molecule has 6 rings (SSSR count). The standard InChI is InChI=1S/C32H40N4O5/c1-31(2)15-19(16-32(3,4)34-31)35-17-26(37)36-23(30(35)38)14-21-20-10-8-9-11-22(20)33-27(21)28(36)18-12-24(39-5)29(41-7)25(13-18)40-6/h8-13,19,23,28,33-34H,14-17H2,1-7H3/t23-,28?/m1/s1. The van der Waals surface area contributed by atoms with Gasteiger partial charge in [-0.2, -0.15) is 0 Å². The highest BCUT2D eigenvalue weighted by Crippen LogP contribution is 2.47. The molecule has 1 aromatic heterocycles. The maximum atomic E-state index is 14.4. The molecule has 9 nitrogen and oxygen atoms in total. The van der Waals surface area contributed by atoms with E-state index in [-0.39, 0.29) is 35.5 Å². The molecule has 0 saturated carbocycles. The van der Waals surface area contributed by atoms with Gasteiger partial charge in [0.2, 0.25) is 17.6 Å². The summed E-state index contributed by atoms with van der Waals surface area (Å²) in [5.41, 5.74) is 3.44. The van der Waals surface area contributed by atoms with Gasteiger partial charge in [0.1, 0.15) is 12.6 Å². The smallest absolute Gasteiger partial charge is 0.246 e. The number of nitrogens with zero attached hydrogens (tertiary/aromatic N) is 2. The zero-order chi connectivity index (χ0) is 29.3. The lowest BCUT2D eigenvalue weighted by atomic mass is 9.78. The number of carbonyl (C=O) groups is 2. The number of amides is 2. The van der Waals surface area contributed by atoms with Gasteiger partial charge in [-0.25, -0.2) is 0 Å². The minimum atomic E-state index is -0.617. The molecule has 2 saturated heterocycles. The van der Waals surface area contributed by atoms with Crippen LogP contribution in [-0.4, -0.2) is 77.6 Å². The second-order valence-electron chi connectivity index (χ2n) is 12.9. The average molecular weight is 561 g/mol. The third-order valence-corrected chi connectivity index (χ3v) is 8.91. The van der Waals surface area contributed by atoms with Crippen molar-refractivity contribution in [3.8, 4) is 17.2 Å². The number of H-pyrrole nitrogens is 1. The number of para-hydroxylation sites is 1. The van der Waals surface area contributed by atoms with Crippen LogP contribution in [0.3, 0.4) is 0 Å². The summed E-state index contributed by atoms with van der Waals surface area (Å²) in [7, 11) is 4.72. The van der Waals surface area contributed by atoms with Gasteiger partial charge in [-0.3, -0.25) is 9.59 Å². The zero-order valence-electron chi connectivity index (χ0n) is 25.0. The highest BCUT2D eigenvalue weighted by molar-refractivity contribution is 5.98. The van der Waals surface area contributed by atoms with Gasteiger partial charge in [0, 0.05) is 40.1 Å². The Kier molecular flexibility index (Phi) is 6.48. The third-order valence-electron chi connectivity index (χ3n) is 8.91. The van der Waals surface area contributed by atoms with Gasteiger partial charge in [0.15, 0.2) is 11.5 Å². The molecule has 2 amide bonds. The van der Waals surface area contributed by atoms with E-state index in [1.54, 1.807) is 26.2 Å². The van der Waals surface area contributed by atoms with Crippen LogP contribution in [0.4, 0.5) is 0 Å². The first kappa shape index (κ1) is 27.4. The van der Waals surface area contributed by atoms with Crippen molar-refractivity contribution in [2.75, 3.05) is 27.9 Å². The Morgan fingerprint density at radius 1 is 0.902 bits per heavy atom. The number of benzene rings is 2. The number of carbonyl (C=O) groups excluding carboxylic acids is 2. The van der Waals surface area contributed by atoms with Crippen molar-refractivity contribution >= 4 is 22.7 Å². The fourth-order valence-electron chi connectivity index (χ4n) is 7.69. The van der Waals surface area contributed by atoms with Crippen molar-refractivity contribution in [3.63, 3.8) is 0 Å². The summed E-state index contributed by atoms with van der Waals surface area (Å²) in [5, 5.41) is 4.77. The molecular weight excluding hydrogens is 520 g/mol. The molecule has 2 fully saturated rings. The summed E-state index contributed by atoms with van der Waals surface area (Å²) >= 11 is 0. The lowest BCUT2D eigenvalue weighted by Gasteiger charge is -2.53. The van der Waals surface area contributed by atoms with Crippen LogP contribution in [0.1, 0.15) is 63.4 Å². The first-order chi connectivity index (χ1) is 19.5. The molecule has 2 atom stereocenters. The minimum absolute atomic E-state index is 0.0106. The van der Waals surface area contributed by atoms with Gasteiger partial charge in [0.05, 0.1) is 27.4 Å². The first-order valence-corrected chi connectivity index (χ1v) is 14.3. The highest BCUT2D eigenvalue weighted by Gasteiger charge is 2.51. The van der Waals surface area contributed by atoms with Gasteiger partial charge in [-0.1, -0.05) is 18.2 Å². The van der Waals surface area contributed by atoms with E-state index < -0.39 is 12.1 Å². The van der Waals surface area contributed by atoms with E-state index in [9.17, 15) is 9.59 Å². The van der Waals surface area contributed by atoms with Crippen molar-refractivity contribution < 1.29 is 23.8 Å². The number of hydrogen-bond acceptors (Lipinski definition) is 6. The Morgan fingerprint density at radius 3 is 2.15 bits per heavy atom. The predicted octanol–water partition coefficient (Wildman–Crippen LogP) is 4.19. The number of piperazine rings is 1. The lowest BCUT2D eigenvalue weighted by Crippen LogP contribution is -2.69. The second kappa shape index (κ2) is 9.69. The van der Waals surface area contributed by atoms with E-state index in [2.05, 4.69) is 44.1 Å². The Labute approximate surface area is 241 Å². The fourth-order valence-corrected chi connectivity index (χ4v) is 7.69. The number of ether oxygens (including phenoxy) is 3. The van der Waals surface area contributed by atoms with Crippen LogP contribution in [0, 0.1) is 0 Å². The van der Waals surface area contributed by atoms with Crippen LogP contribution in [0.25, 0.3) is 10.9 Å². The summed E-state index contributed by atoms with van der Waals surface area (Å²) < 4.78 is 16.9. The van der Waals surface area contributed by atoms with Crippen LogP contribution < -0.4 is 19.5 Å². The maximum absolute atomic E-state index is 14.4. The van der Waals surface area contributed by atoms with E-state index in [1.807, 2.05) is 35.2 Å². The second-order valence-corrected chi connectivity index (χ2v) is 12.9. The number of aromatic nitrogens is 1. The number of fused-ring (bicyclic) bond motifs is 4. The van der Waals surface area contributed by atoms with Crippen LogP contribution in [0.15, 0.2) is 36.4 Å². The van der Waals surface area contributed by atoms with Crippen LogP contribution in [0.2, 0.25) is 0 Å². The molecule has 0 aliphatic carbocycles. The molecule has 3 aliphatic rings. The molecule has 4 heterocycles. The largest absolute Gasteiger partial charge is 0.493 e. The first-order valence-electron chi connectivity index (χ1n) is 14.3. The third kappa shape index (κ3) is 4.51. The van der Waals surface area contributed by atoms with Gasteiger partial charge in [-0.15, -0.1) is 0 Å². The van der Waals surface area contributed by atoms with E-state index in [1.165, 1.54) is 0 Å². The van der Waals surface area contributed by atoms with E-state index >= 15 is 0 Å². The molecule has 0 bridgehead atoms. The number of methoxy groups -OCH3 is 3. The SMILES string of the molecule is COc1cc(C2c3[nH]c4ccccc4c3C[C@@H]3C(=O)N(C4CC(C)(C)NC(C)(C)C4)CC(=O)N23)cc(OC)c1OC. The Bertz CT molecular complexity index is 1480. The summed E-state index contributed by atoms with van der Waals surface area (Å²) in [6.07, 6.45) is 2.03. The van der Waals surface area contributed by atoms with Crippen molar-refractivity contribution in [2.45, 2.75) is 76.2 Å². The molecule has 3 aromatic rings. The molecule has 41 heavy (non-hydrogen) atoms. The van der Waals surface area contributed by atoms with Crippen LogP contribution in [-0.2, 0) is 16.0 Å². The summed E-state index contributed by atoms with van der Waals surface area (Å²) in [5.74, 6) is 1.42. The Hall–Kier alpha value is -3.72. The number of rotatable bonds is 5. The van der Waals surface area contributed by atoms with Crippen molar-refractivity contribution in [1.82, 2.24) is 20.1 Å². The van der Waals surface area contributed by atoms with Crippen molar-refractivity contribution in [1.29, 1.82) is 0 Å². The topological polar surface area (TPSA) is 96.1 Å². The van der Waals surface area contributed by atoms with Gasteiger partial charge >= 0.3 is 0 Å². The Balaban J connectivity index is 1.49. The molecule has 3 aliphatic heterocycles. The van der Waals surface area contributed by atoms with Crippen molar-refractivity contribution in [3.05, 3.63) is 53.2 Å². The molecule has 9 heteroatoms. The normalized spacial score (nSPS) is 23.8. The zero-order valence-corrected chi connectivity index (χ0v) is 25.0. The minimum Gasteiger partial charge on any atom is -0.493 e. The number of hydrogen-bond donors (Lipinski definition) is 2. The lowest BCUT2D eigenvalue weighted by molar-refractivity contribution is -0.162. The average Bonchev–Trinajstić information content (AvgIpc) is 3.29. The number of aromatic amines is 1. The molecular formula is C32H40N4O5. The van der Waals surface area contributed by atoms with Crippen LogP contribution >= 0.6 is 0 Å². The van der Waals surface area contributed by atoms with E-state index in [4.69, 9.17) is 14.2 Å². The molecule has 1 unspecified atom stereocenters. The van der Waals surface area contributed by atoms with Gasteiger partial charge in [0.25, 0.3) is 0 Å². The monoisotopic (exact) mass is 560 g/mol. The van der Waals surface area contributed by atoms with E-state index in [0.717, 1.165) is 40.6 Å². The van der Waals surface area contributed by atoms with E-state index in [0.29, 0.717) is 23.7 Å². The molecule has 218 valence electrons. The van der Waals surface area contributed by atoms with Crippen LogP contribution in [0.5, 0.6) is 17.2 Å². The van der Waals surface area contributed by atoms with Crippen molar-refractivity contribution in [2.24, 2.45) is 0 Å². The summed E-state index contributed by atoms with van der Waals surface area (Å²) in [4.78, 5) is 35.9. The Morgan fingerprint density at radius 2 is 1.54 bits per heavy atom. The van der Waals surface area contributed by atoms with Gasteiger partial charge < -0.3 is 34.3 Å². The summed E-state index contributed by atoms with van der Waals surface area (Å²) in [6.45, 7) is 8.74. The molecule has 2 aromatic carbocycles. The number of nitrogens with one attached hydrogen (secondary N) is 2. The fraction of sp³-hybridized carbons (Fsp3) is 0.500. The van der Waals surface area contributed by atoms with Gasteiger partial charge in [-0.05, 0) is 69.9 Å². The molecule has 2 N–H and O–H groups in total. The molecule has 0 spiro atoms. The number of piperidine rings is 1. The predicted molar refractivity (Wildman–Crippen MR) is 157 cm³/mol. The molecule has 0 radical (unpaired) electrons. The quantitative estimate of drug-likeness (QED) is 0.486. The summed E-state index contributed by atoms with van der Waals surface area (Å²) in [6, 6.07) is 10.7. The highest BCUT2D eigenvalue weighted by atomic mass is 16.5. The maximum Gasteiger partial charge on any atom is 0.246 e.